The van der Waals surface area contributed by atoms with Gasteiger partial charge in [0.1, 0.15) is 10.4 Å². The molecule has 10 heteroatoms. The van der Waals surface area contributed by atoms with E-state index in [1.165, 1.54) is 25.5 Å². The zero-order chi connectivity index (χ0) is 22.2. The summed E-state index contributed by atoms with van der Waals surface area (Å²) in [5.41, 5.74) is -1.09. The SMILES string of the molecule is Cn1cnc2ccc(Oc3c(F)ccc(OC(=O)NC(C)(C)C)c3Cl)c(F)c2c1=O. The van der Waals surface area contributed by atoms with Crippen molar-refractivity contribution in [2.24, 2.45) is 7.05 Å². The predicted molar refractivity (Wildman–Crippen MR) is 107 cm³/mol. The van der Waals surface area contributed by atoms with Gasteiger partial charge in [-0.3, -0.25) is 4.79 Å². The lowest BCUT2D eigenvalue weighted by atomic mass is 10.1. The zero-order valence-corrected chi connectivity index (χ0v) is 17.3. The van der Waals surface area contributed by atoms with Gasteiger partial charge in [0.2, 0.25) is 0 Å². The molecule has 0 saturated heterocycles. The molecule has 0 aliphatic carbocycles. The largest absolute Gasteiger partial charge is 0.449 e. The van der Waals surface area contributed by atoms with Gasteiger partial charge < -0.3 is 19.4 Å². The molecule has 2 aromatic carbocycles. The summed E-state index contributed by atoms with van der Waals surface area (Å²) in [6, 6.07) is 4.65. The van der Waals surface area contributed by atoms with Crippen LogP contribution in [0.2, 0.25) is 5.02 Å². The van der Waals surface area contributed by atoms with Crippen LogP contribution in [0.3, 0.4) is 0 Å². The van der Waals surface area contributed by atoms with Crippen LogP contribution in [0.15, 0.2) is 35.4 Å². The van der Waals surface area contributed by atoms with Gasteiger partial charge in [-0.25, -0.2) is 18.6 Å². The highest BCUT2D eigenvalue weighted by atomic mass is 35.5. The second-order valence-electron chi connectivity index (χ2n) is 7.49. The Kier molecular flexibility index (Phi) is 5.67. The summed E-state index contributed by atoms with van der Waals surface area (Å²) in [6.45, 7) is 5.24. The number of fused-ring (bicyclic) bond motifs is 1. The van der Waals surface area contributed by atoms with Crippen molar-refractivity contribution in [3.63, 3.8) is 0 Å². The minimum absolute atomic E-state index is 0.116. The molecule has 1 N–H and O–H groups in total. The van der Waals surface area contributed by atoms with Gasteiger partial charge in [0.05, 0.1) is 11.8 Å². The number of nitrogens with zero attached hydrogens (tertiary/aromatic N) is 2. The van der Waals surface area contributed by atoms with Crippen molar-refractivity contribution in [2.45, 2.75) is 26.3 Å². The summed E-state index contributed by atoms with van der Waals surface area (Å²) in [7, 11) is 1.42. The van der Waals surface area contributed by atoms with Crippen molar-refractivity contribution in [1.82, 2.24) is 14.9 Å². The minimum Gasteiger partial charge on any atom is -0.449 e. The van der Waals surface area contributed by atoms with Crippen LogP contribution >= 0.6 is 11.6 Å². The number of hydrogen-bond acceptors (Lipinski definition) is 5. The van der Waals surface area contributed by atoms with Crippen molar-refractivity contribution in [3.8, 4) is 17.2 Å². The fourth-order valence-electron chi connectivity index (χ4n) is 2.54. The van der Waals surface area contributed by atoms with E-state index in [0.29, 0.717) is 0 Å². The van der Waals surface area contributed by atoms with E-state index in [-0.39, 0.29) is 21.7 Å². The molecule has 158 valence electrons. The van der Waals surface area contributed by atoms with E-state index in [2.05, 4.69) is 10.3 Å². The van der Waals surface area contributed by atoms with E-state index in [1.54, 1.807) is 20.8 Å². The highest BCUT2D eigenvalue weighted by Gasteiger charge is 2.22. The van der Waals surface area contributed by atoms with Crippen LogP contribution in [-0.2, 0) is 7.05 Å². The van der Waals surface area contributed by atoms with Crippen molar-refractivity contribution in [3.05, 3.63) is 57.6 Å². The summed E-state index contributed by atoms with van der Waals surface area (Å²) in [5.74, 6) is -3.12. The fourth-order valence-corrected chi connectivity index (χ4v) is 2.77. The molecule has 0 saturated carbocycles. The van der Waals surface area contributed by atoms with Gasteiger partial charge in [-0.05, 0) is 45.0 Å². The number of halogens is 3. The third-order valence-electron chi connectivity index (χ3n) is 3.89. The Bertz CT molecular complexity index is 1210. The summed E-state index contributed by atoms with van der Waals surface area (Å²) >= 11 is 6.14. The maximum atomic E-state index is 14.9. The number of rotatable bonds is 3. The molecule has 0 fully saturated rings. The standard InChI is InChI=1S/C20H18ClF2N3O4/c1-20(2,3)25-19(28)30-12-7-5-10(22)17(15(12)21)29-13-8-6-11-14(16(13)23)18(27)26(4)9-24-11/h5-9H,1-4H3,(H,25,28). The first kappa shape index (κ1) is 21.5. The Morgan fingerprint density at radius 1 is 1.17 bits per heavy atom. The third kappa shape index (κ3) is 4.35. The van der Waals surface area contributed by atoms with Crippen LogP contribution in [0.5, 0.6) is 17.2 Å². The Balaban J connectivity index is 1.99. The highest BCUT2D eigenvalue weighted by Crippen LogP contribution is 2.40. The predicted octanol–water partition coefficient (Wildman–Crippen LogP) is 4.54. The lowest BCUT2D eigenvalue weighted by Gasteiger charge is -2.20. The maximum Gasteiger partial charge on any atom is 0.413 e. The normalized spacial score (nSPS) is 11.4. The average molecular weight is 438 g/mol. The molecule has 30 heavy (non-hydrogen) atoms. The lowest BCUT2D eigenvalue weighted by Crippen LogP contribution is -2.42. The van der Waals surface area contributed by atoms with Crippen LogP contribution in [-0.4, -0.2) is 21.2 Å². The summed E-state index contributed by atoms with van der Waals surface area (Å²) < 4.78 is 40.8. The molecule has 0 aliphatic rings. The second kappa shape index (κ2) is 7.91. The Labute approximate surface area is 175 Å². The van der Waals surface area contributed by atoms with E-state index in [1.807, 2.05) is 0 Å². The van der Waals surface area contributed by atoms with Crippen molar-refractivity contribution in [2.75, 3.05) is 0 Å². The molecule has 7 nitrogen and oxygen atoms in total. The Morgan fingerprint density at radius 3 is 2.50 bits per heavy atom. The number of aromatic nitrogens is 2. The molecule has 0 radical (unpaired) electrons. The van der Waals surface area contributed by atoms with Crippen LogP contribution in [0.1, 0.15) is 20.8 Å². The minimum atomic E-state index is -1.02. The Hall–Kier alpha value is -3.20. The van der Waals surface area contributed by atoms with Crippen molar-refractivity contribution in [1.29, 1.82) is 0 Å². The number of ether oxygens (including phenoxy) is 2. The Morgan fingerprint density at radius 2 is 1.83 bits per heavy atom. The van der Waals surface area contributed by atoms with Crippen molar-refractivity contribution >= 4 is 28.6 Å². The maximum absolute atomic E-state index is 14.9. The lowest BCUT2D eigenvalue weighted by molar-refractivity contribution is 0.190. The smallest absolute Gasteiger partial charge is 0.413 e. The molecule has 3 aromatic rings. The molecular formula is C20H18ClF2N3O4. The van der Waals surface area contributed by atoms with Gasteiger partial charge in [-0.1, -0.05) is 11.6 Å². The first-order valence-electron chi connectivity index (χ1n) is 8.77. The van der Waals surface area contributed by atoms with Gasteiger partial charge in [-0.15, -0.1) is 0 Å². The summed E-state index contributed by atoms with van der Waals surface area (Å²) in [4.78, 5) is 28.2. The number of carbonyl (C=O) groups excluding carboxylic acids is 1. The molecule has 1 aromatic heterocycles. The topological polar surface area (TPSA) is 82.4 Å². The van der Waals surface area contributed by atoms with Gasteiger partial charge in [0.25, 0.3) is 5.56 Å². The van der Waals surface area contributed by atoms with E-state index in [0.717, 1.165) is 16.7 Å². The number of amides is 1. The molecule has 0 bridgehead atoms. The highest BCUT2D eigenvalue weighted by molar-refractivity contribution is 6.33. The van der Waals surface area contributed by atoms with Gasteiger partial charge in [0.15, 0.2) is 28.9 Å². The molecule has 0 spiro atoms. The third-order valence-corrected chi connectivity index (χ3v) is 4.25. The second-order valence-corrected chi connectivity index (χ2v) is 7.87. The number of benzene rings is 2. The molecule has 3 rings (SSSR count). The van der Waals surface area contributed by atoms with Crippen LogP contribution in [0.4, 0.5) is 13.6 Å². The molecule has 1 heterocycles. The number of hydrogen-bond donors (Lipinski definition) is 1. The quantitative estimate of drug-likeness (QED) is 0.650. The molecule has 1 amide bonds. The number of carbonyl (C=O) groups is 1. The van der Waals surface area contributed by atoms with Gasteiger partial charge >= 0.3 is 6.09 Å². The molecular weight excluding hydrogens is 420 g/mol. The van der Waals surface area contributed by atoms with Crippen LogP contribution < -0.4 is 20.3 Å². The fraction of sp³-hybridized carbons (Fsp3) is 0.250. The number of nitrogens with one attached hydrogen (secondary N) is 1. The van der Waals surface area contributed by atoms with E-state index >= 15 is 0 Å². The van der Waals surface area contributed by atoms with Crippen LogP contribution in [0.25, 0.3) is 10.9 Å². The monoisotopic (exact) mass is 437 g/mol. The van der Waals surface area contributed by atoms with Gasteiger partial charge in [-0.2, -0.15) is 0 Å². The molecule has 0 unspecified atom stereocenters. The van der Waals surface area contributed by atoms with E-state index in [9.17, 15) is 18.4 Å². The van der Waals surface area contributed by atoms with Crippen molar-refractivity contribution < 1.29 is 23.0 Å². The number of aryl methyl sites for hydroxylation is 1. The molecule has 0 aliphatic heterocycles. The van der Waals surface area contributed by atoms with E-state index in [4.69, 9.17) is 21.1 Å². The van der Waals surface area contributed by atoms with Crippen LogP contribution in [0, 0.1) is 11.6 Å². The zero-order valence-electron chi connectivity index (χ0n) is 16.5. The summed E-state index contributed by atoms with van der Waals surface area (Å²) in [5, 5.41) is 1.87. The molecule has 0 atom stereocenters. The first-order valence-corrected chi connectivity index (χ1v) is 9.15. The van der Waals surface area contributed by atoms with E-state index < -0.39 is 40.3 Å². The summed E-state index contributed by atoms with van der Waals surface area (Å²) in [6.07, 6.45) is 0.443. The average Bonchev–Trinajstić information content (AvgIpc) is 2.64. The van der Waals surface area contributed by atoms with Gasteiger partial charge in [0, 0.05) is 12.6 Å². The first-order chi connectivity index (χ1) is 14.0.